The van der Waals surface area contributed by atoms with Gasteiger partial charge in [-0.3, -0.25) is 10.1 Å². The molecule has 1 aliphatic heterocycles. The van der Waals surface area contributed by atoms with Crippen molar-refractivity contribution in [3.05, 3.63) is 59.2 Å². The summed E-state index contributed by atoms with van der Waals surface area (Å²) in [6.45, 7) is 2.06. The zero-order valence-electron chi connectivity index (χ0n) is 13.1. The molecule has 1 amide bonds. The quantitative estimate of drug-likeness (QED) is 0.674. The Bertz CT molecular complexity index is 883. The van der Waals surface area contributed by atoms with E-state index >= 15 is 0 Å². The van der Waals surface area contributed by atoms with Crippen molar-refractivity contribution < 1.29 is 4.79 Å². The average molecular weight is 373 g/mol. The van der Waals surface area contributed by atoms with E-state index < -0.39 is 0 Å². The van der Waals surface area contributed by atoms with E-state index in [0.717, 1.165) is 10.2 Å². The van der Waals surface area contributed by atoms with Crippen molar-refractivity contribution in [1.29, 1.82) is 0 Å². The summed E-state index contributed by atoms with van der Waals surface area (Å²) in [7, 11) is 0. The third-order valence-corrected chi connectivity index (χ3v) is 7.87. The molecule has 2 aromatic carbocycles. The molecule has 3 nitrogen and oxygen atoms in total. The van der Waals surface area contributed by atoms with E-state index in [1.54, 1.807) is 0 Å². The second-order valence-corrected chi connectivity index (χ2v) is 9.39. The molecule has 0 bridgehead atoms. The predicted octanol–water partition coefficient (Wildman–Crippen LogP) is 5.34. The lowest BCUT2D eigenvalue weighted by molar-refractivity contribution is 0.102. The molecule has 1 N–H and O–H groups in total. The van der Waals surface area contributed by atoms with Crippen LogP contribution in [0.4, 0.5) is 5.13 Å². The maximum absolute atomic E-state index is 12.4. The number of aryl methyl sites for hydroxylation is 1. The van der Waals surface area contributed by atoms with Crippen molar-refractivity contribution in [3.63, 3.8) is 0 Å². The van der Waals surface area contributed by atoms with Crippen molar-refractivity contribution in [2.45, 2.75) is 11.5 Å². The number of nitrogens with one attached hydrogen (secondary N) is 1. The summed E-state index contributed by atoms with van der Waals surface area (Å²) in [5.74, 6) is 2.30. The van der Waals surface area contributed by atoms with Crippen molar-refractivity contribution in [2.24, 2.45) is 0 Å². The fraction of sp³-hybridized carbons (Fsp3) is 0.222. The molecular weight excluding hydrogens is 356 g/mol. The number of thiazole rings is 1. The number of anilines is 1. The van der Waals surface area contributed by atoms with Crippen LogP contribution < -0.4 is 5.32 Å². The van der Waals surface area contributed by atoms with Gasteiger partial charge in [-0.15, -0.1) is 23.5 Å². The van der Waals surface area contributed by atoms with Gasteiger partial charge in [0.2, 0.25) is 0 Å². The minimum absolute atomic E-state index is 0.107. The fourth-order valence-corrected chi connectivity index (χ4v) is 6.42. The second kappa shape index (κ2) is 6.78. The molecule has 2 heterocycles. The Morgan fingerprint density at radius 2 is 1.88 bits per heavy atom. The molecular formula is C18H16N2OS3. The Balaban J connectivity index is 1.50. The van der Waals surface area contributed by atoms with Gasteiger partial charge in [-0.1, -0.05) is 29.5 Å². The summed E-state index contributed by atoms with van der Waals surface area (Å²) in [5, 5.41) is 3.56. The van der Waals surface area contributed by atoms with Crippen LogP contribution in [-0.4, -0.2) is 22.4 Å². The zero-order chi connectivity index (χ0) is 16.5. The SMILES string of the molecule is Cc1ccc2nc(NC(=O)c3ccc(C4SCCS4)cc3)sc2c1. The maximum Gasteiger partial charge on any atom is 0.257 e. The molecule has 4 rings (SSSR count). The van der Waals surface area contributed by atoms with E-state index in [1.165, 1.54) is 34.0 Å². The number of thioether (sulfide) groups is 2. The molecule has 0 unspecified atom stereocenters. The Morgan fingerprint density at radius 1 is 1.12 bits per heavy atom. The average Bonchev–Trinajstić information content (AvgIpc) is 3.23. The number of amides is 1. The lowest BCUT2D eigenvalue weighted by atomic mass is 10.1. The van der Waals surface area contributed by atoms with E-state index in [2.05, 4.69) is 35.4 Å². The first-order valence-electron chi connectivity index (χ1n) is 7.71. The second-order valence-electron chi connectivity index (χ2n) is 5.64. The standard InChI is InChI=1S/C18H16N2OS3/c1-11-2-7-14-15(10-11)24-18(19-14)20-16(21)12-3-5-13(6-4-12)17-22-8-9-23-17/h2-7,10,17H,8-9H2,1H3,(H,19,20,21). The summed E-state index contributed by atoms with van der Waals surface area (Å²) >= 11 is 5.45. The van der Waals surface area contributed by atoms with Gasteiger partial charge in [-0.2, -0.15) is 0 Å². The Kier molecular flexibility index (Phi) is 4.52. The van der Waals surface area contributed by atoms with E-state index in [9.17, 15) is 4.79 Å². The number of fused-ring (bicyclic) bond motifs is 1. The highest BCUT2D eigenvalue weighted by Crippen LogP contribution is 2.45. The summed E-state index contributed by atoms with van der Waals surface area (Å²) in [4.78, 5) is 16.9. The highest BCUT2D eigenvalue weighted by atomic mass is 32.2. The normalized spacial score (nSPS) is 15.0. The van der Waals surface area contributed by atoms with Crippen LogP contribution in [0.25, 0.3) is 10.2 Å². The highest BCUT2D eigenvalue weighted by Gasteiger charge is 2.18. The largest absolute Gasteiger partial charge is 0.298 e. The van der Waals surface area contributed by atoms with Gasteiger partial charge >= 0.3 is 0 Å². The first-order chi connectivity index (χ1) is 11.7. The highest BCUT2D eigenvalue weighted by molar-refractivity contribution is 8.19. The van der Waals surface area contributed by atoms with Gasteiger partial charge in [0.25, 0.3) is 5.91 Å². The smallest absolute Gasteiger partial charge is 0.257 e. The minimum atomic E-state index is -0.107. The number of hydrogen-bond acceptors (Lipinski definition) is 5. The van der Waals surface area contributed by atoms with Crippen LogP contribution in [0.3, 0.4) is 0 Å². The van der Waals surface area contributed by atoms with Gasteiger partial charge in [0.15, 0.2) is 5.13 Å². The molecule has 1 fully saturated rings. The number of aromatic nitrogens is 1. The van der Waals surface area contributed by atoms with Crippen molar-refractivity contribution in [2.75, 3.05) is 16.8 Å². The van der Waals surface area contributed by atoms with Crippen LogP contribution in [0, 0.1) is 6.92 Å². The number of carbonyl (C=O) groups excluding carboxylic acids is 1. The van der Waals surface area contributed by atoms with Gasteiger partial charge in [-0.25, -0.2) is 4.98 Å². The molecule has 0 atom stereocenters. The van der Waals surface area contributed by atoms with Gasteiger partial charge in [0.05, 0.1) is 14.8 Å². The van der Waals surface area contributed by atoms with E-state index in [-0.39, 0.29) is 5.91 Å². The fourth-order valence-electron chi connectivity index (χ4n) is 2.60. The van der Waals surface area contributed by atoms with Gasteiger partial charge in [-0.05, 0) is 42.3 Å². The first-order valence-corrected chi connectivity index (χ1v) is 10.6. The number of rotatable bonds is 3. The van der Waals surface area contributed by atoms with Crippen LogP contribution in [0.2, 0.25) is 0 Å². The minimum Gasteiger partial charge on any atom is -0.298 e. The Morgan fingerprint density at radius 3 is 2.62 bits per heavy atom. The van der Waals surface area contributed by atoms with Crippen LogP contribution in [-0.2, 0) is 0 Å². The Labute approximate surface area is 153 Å². The molecule has 0 saturated carbocycles. The van der Waals surface area contributed by atoms with Crippen LogP contribution in [0.15, 0.2) is 42.5 Å². The molecule has 6 heteroatoms. The van der Waals surface area contributed by atoms with Crippen molar-refractivity contribution >= 4 is 56.1 Å². The maximum atomic E-state index is 12.4. The first kappa shape index (κ1) is 16.0. The Hall–Kier alpha value is -1.50. The van der Waals surface area contributed by atoms with Gasteiger partial charge < -0.3 is 0 Å². The summed E-state index contributed by atoms with van der Waals surface area (Å²) in [6, 6.07) is 14.0. The van der Waals surface area contributed by atoms with Crippen LogP contribution in [0.1, 0.15) is 26.1 Å². The monoisotopic (exact) mass is 372 g/mol. The van der Waals surface area contributed by atoms with Gasteiger partial charge in [0, 0.05) is 17.1 Å². The molecule has 1 aliphatic rings. The summed E-state index contributed by atoms with van der Waals surface area (Å²) in [5.41, 5.74) is 4.07. The van der Waals surface area contributed by atoms with Crippen LogP contribution in [0.5, 0.6) is 0 Å². The molecule has 24 heavy (non-hydrogen) atoms. The summed E-state index contributed by atoms with van der Waals surface area (Å²) in [6.07, 6.45) is 0. The molecule has 1 aromatic heterocycles. The van der Waals surface area contributed by atoms with E-state index in [1.807, 2.05) is 47.8 Å². The zero-order valence-corrected chi connectivity index (χ0v) is 15.6. The number of benzene rings is 2. The van der Waals surface area contributed by atoms with Crippen LogP contribution >= 0.6 is 34.9 Å². The summed E-state index contributed by atoms with van der Waals surface area (Å²) < 4.78 is 1.60. The molecule has 0 radical (unpaired) electrons. The van der Waals surface area contributed by atoms with E-state index in [4.69, 9.17) is 0 Å². The third-order valence-electron chi connectivity index (χ3n) is 3.83. The molecule has 3 aromatic rings. The number of hydrogen-bond donors (Lipinski definition) is 1. The molecule has 122 valence electrons. The lowest BCUT2D eigenvalue weighted by Gasteiger charge is -2.09. The lowest BCUT2D eigenvalue weighted by Crippen LogP contribution is -2.11. The van der Waals surface area contributed by atoms with Crippen molar-refractivity contribution in [1.82, 2.24) is 4.98 Å². The van der Waals surface area contributed by atoms with E-state index in [0.29, 0.717) is 15.3 Å². The third kappa shape index (κ3) is 3.31. The predicted molar refractivity (Wildman–Crippen MR) is 106 cm³/mol. The molecule has 0 spiro atoms. The molecule has 1 saturated heterocycles. The van der Waals surface area contributed by atoms with Crippen molar-refractivity contribution in [3.8, 4) is 0 Å². The topological polar surface area (TPSA) is 42.0 Å². The number of nitrogens with zero attached hydrogens (tertiary/aromatic N) is 1. The molecule has 0 aliphatic carbocycles. The van der Waals surface area contributed by atoms with Gasteiger partial charge in [0.1, 0.15) is 0 Å². The number of carbonyl (C=O) groups is 1.